The lowest BCUT2D eigenvalue weighted by molar-refractivity contribution is 0.632. The first kappa shape index (κ1) is 29.9. The van der Waals surface area contributed by atoms with Gasteiger partial charge < -0.3 is 4.90 Å². The molecule has 1 aliphatic rings. The van der Waals surface area contributed by atoms with Crippen LogP contribution in [-0.4, -0.2) is 0 Å². The van der Waals surface area contributed by atoms with Gasteiger partial charge in [0, 0.05) is 11.1 Å². The summed E-state index contributed by atoms with van der Waals surface area (Å²) in [6.45, 7) is 4.76. The molecule has 0 saturated carbocycles. The first-order valence-corrected chi connectivity index (χ1v) is 17.4. The van der Waals surface area contributed by atoms with Gasteiger partial charge in [0.1, 0.15) is 0 Å². The van der Waals surface area contributed by atoms with E-state index in [2.05, 4.69) is 207 Å². The Morgan fingerprint density at radius 1 is 0.320 bits per heavy atom. The Hall–Kier alpha value is -6.18. The number of hydrogen-bond donors (Lipinski definition) is 0. The van der Waals surface area contributed by atoms with Gasteiger partial charge in [-0.25, -0.2) is 0 Å². The molecule has 0 fully saturated rings. The van der Waals surface area contributed by atoms with Gasteiger partial charge in [0.2, 0.25) is 0 Å². The first-order valence-electron chi connectivity index (χ1n) is 17.4. The molecule has 1 heteroatoms. The molecule has 1 nitrogen and oxygen atoms in total. The number of nitrogens with zero attached hydrogens (tertiary/aromatic N) is 1. The summed E-state index contributed by atoms with van der Waals surface area (Å²) < 4.78 is 0. The highest BCUT2D eigenvalue weighted by atomic mass is 15.2. The lowest BCUT2D eigenvalue weighted by atomic mass is 9.72. The van der Waals surface area contributed by atoms with Crippen molar-refractivity contribution in [3.63, 3.8) is 0 Å². The van der Waals surface area contributed by atoms with Crippen LogP contribution in [0, 0.1) is 0 Å². The van der Waals surface area contributed by atoms with Crippen molar-refractivity contribution in [3.8, 4) is 44.5 Å². The summed E-state index contributed by atoms with van der Waals surface area (Å²) in [6.07, 6.45) is 0. The fraction of sp³-hybridized carbons (Fsp3) is 0.0612. The van der Waals surface area contributed by atoms with Gasteiger partial charge in [-0.05, 0) is 103 Å². The molecule has 0 unspecified atom stereocenters. The predicted octanol–water partition coefficient (Wildman–Crippen LogP) is 13.6. The highest BCUT2D eigenvalue weighted by Crippen LogP contribution is 2.53. The number of anilines is 3. The molecule has 0 bridgehead atoms. The van der Waals surface area contributed by atoms with Crippen molar-refractivity contribution >= 4 is 27.8 Å². The third kappa shape index (κ3) is 5.19. The minimum atomic E-state index is -0.238. The van der Waals surface area contributed by atoms with Crippen LogP contribution in [-0.2, 0) is 5.41 Å². The maximum absolute atomic E-state index is 2.47. The Balaban J connectivity index is 1.17. The molecule has 0 saturated heterocycles. The molecule has 1 heterocycles. The third-order valence-corrected chi connectivity index (χ3v) is 10.5. The number of hydrogen-bond acceptors (Lipinski definition) is 1. The molecular weight excluding hydrogens is 603 g/mol. The lowest BCUT2D eigenvalue weighted by Gasteiger charge is -2.42. The second kappa shape index (κ2) is 12.1. The van der Waals surface area contributed by atoms with Gasteiger partial charge in [-0.15, -0.1) is 0 Å². The van der Waals surface area contributed by atoms with Crippen LogP contribution in [0.25, 0.3) is 55.3 Å². The van der Waals surface area contributed by atoms with Crippen LogP contribution in [0.2, 0.25) is 0 Å². The minimum Gasteiger partial charge on any atom is -0.310 e. The van der Waals surface area contributed by atoms with E-state index in [9.17, 15) is 0 Å². The van der Waals surface area contributed by atoms with Gasteiger partial charge in [-0.1, -0.05) is 166 Å². The van der Waals surface area contributed by atoms with Crippen LogP contribution in [0.5, 0.6) is 0 Å². The van der Waals surface area contributed by atoms with Crippen LogP contribution in [0.4, 0.5) is 17.1 Å². The molecule has 0 spiro atoms. The highest BCUT2D eigenvalue weighted by molar-refractivity contribution is 5.93. The fourth-order valence-electron chi connectivity index (χ4n) is 7.66. The van der Waals surface area contributed by atoms with Gasteiger partial charge in [-0.2, -0.15) is 0 Å². The minimum absolute atomic E-state index is 0.238. The zero-order valence-electron chi connectivity index (χ0n) is 28.3. The highest BCUT2D eigenvalue weighted by Gasteiger charge is 2.37. The Bertz CT molecular complexity index is 2340. The van der Waals surface area contributed by atoms with E-state index >= 15 is 0 Å². The average molecular weight is 640 g/mol. The summed E-state index contributed by atoms with van der Waals surface area (Å²) in [4.78, 5) is 2.47. The molecular formula is C49H37N. The van der Waals surface area contributed by atoms with E-state index in [0.29, 0.717) is 0 Å². The van der Waals surface area contributed by atoms with E-state index in [1.807, 2.05) is 0 Å². The molecule has 0 aliphatic carbocycles. The summed E-state index contributed by atoms with van der Waals surface area (Å²) in [5, 5.41) is 2.49. The normalized spacial score (nSPS) is 13.1. The molecule has 1 aliphatic heterocycles. The Kier molecular flexibility index (Phi) is 7.21. The largest absolute Gasteiger partial charge is 0.310 e. The van der Waals surface area contributed by atoms with Gasteiger partial charge >= 0.3 is 0 Å². The van der Waals surface area contributed by atoms with Crippen molar-refractivity contribution in [1.82, 2.24) is 0 Å². The van der Waals surface area contributed by atoms with Gasteiger partial charge in [-0.3, -0.25) is 0 Å². The molecule has 0 aromatic heterocycles. The Morgan fingerprint density at radius 2 is 0.700 bits per heavy atom. The van der Waals surface area contributed by atoms with Crippen LogP contribution < -0.4 is 4.90 Å². The van der Waals surface area contributed by atoms with E-state index in [4.69, 9.17) is 0 Å². The molecule has 50 heavy (non-hydrogen) atoms. The van der Waals surface area contributed by atoms with Crippen LogP contribution in [0.3, 0.4) is 0 Å². The molecule has 9 rings (SSSR count). The Labute approximate surface area is 294 Å². The van der Waals surface area contributed by atoms with Crippen molar-refractivity contribution < 1.29 is 0 Å². The van der Waals surface area contributed by atoms with E-state index in [0.717, 1.165) is 0 Å². The second-order valence-corrected chi connectivity index (χ2v) is 13.8. The van der Waals surface area contributed by atoms with Gasteiger partial charge in [0.05, 0.1) is 11.4 Å². The molecule has 8 aromatic rings. The van der Waals surface area contributed by atoms with Crippen molar-refractivity contribution in [1.29, 1.82) is 0 Å². The first-order chi connectivity index (χ1) is 24.5. The van der Waals surface area contributed by atoms with Crippen molar-refractivity contribution in [2.75, 3.05) is 4.90 Å². The average Bonchev–Trinajstić information content (AvgIpc) is 3.18. The summed E-state index contributed by atoms with van der Waals surface area (Å²) in [7, 11) is 0. The van der Waals surface area contributed by atoms with E-state index < -0.39 is 0 Å². The van der Waals surface area contributed by atoms with E-state index in [1.165, 1.54) is 83.5 Å². The second-order valence-electron chi connectivity index (χ2n) is 13.8. The molecule has 8 aromatic carbocycles. The topological polar surface area (TPSA) is 3.24 Å². The summed E-state index contributed by atoms with van der Waals surface area (Å²) >= 11 is 0. The van der Waals surface area contributed by atoms with E-state index in [1.54, 1.807) is 0 Å². The smallest absolute Gasteiger partial charge is 0.0503 e. The molecule has 0 atom stereocenters. The number of fused-ring (bicyclic) bond motifs is 3. The summed E-state index contributed by atoms with van der Waals surface area (Å²) in [6, 6.07) is 68.7. The van der Waals surface area contributed by atoms with E-state index in [-0.39, 0.29) is 5.41 Å². The fourth-order valence-corrected chi connectivity index (χ4v) is 7.66. The van der Waals surface area contributed by atoms with Crippen LogP contribution in [0.15, 0.2) is 188 Å². The molecule has 0 amide bonds. The zero-order valence-corrected chi connectivity index (χ0v) is 28.3. The summed E-state index contributed by atoms with van der Waals surface area (Å²) in [5.74, 6) is 0. The van der Waals surface area contributed by atoms with Crippen molar-refractivity contribution in [3.05, 3.63) is 199 Å². The quantitative estimate of drug-likeness (QED) is 0.181. The predicted molar refractivity (Wildman–Crippen MR) is 213 cm³/mol. The molecule has 0 radical (unpaired) electrons. The molecule has 0 N–H and O–H groups in total. The van der Waals surface area contributed by atoms with Gasteiger partial charge in [0.15, 0.2) is 0 Å². The summed E-state index contributed by atoms with van der Waals surface area (Å²) in [5.41, 5.74) is 15.8. The van der Waals surface area contributed by atoms with Crippen molar-refractivity contribution in [2.45, 2.75) is 19.3 Å². The number of rotatable bonds is 5. The number of benzene rings is 8. The van der Waals surface area contributed by atoms with Crippen LogP contribution in [0.1, 0.15) is 25.0 Å². The maximum Gasteiger partial charge on any atom is 0.0503 e. The SMILES string of the molecule is CC1(C)c2cc(-c3ccc(-c4ccccc4)cc3)ccc2N(c2ccc3ccccc3c2)c2ccc(-c3ccc(-c4ccccc4)cc3)cc21. The molecule has 238 valence electrons. The zero-order chi connectivity index (χ0) is 33.7. The third-order valence-electron chi connectivity index (χ3n) is 10.5. The maximum atomic E-state index is 2.47. The Morgan fingerprint density at radius 3 is 1.18 bits per heavy atom. The van der Waals surface area contributed by atoms with Gasteiger partial charge in [0.25, 0.3) is 0 Å². The monoisotopic (exact) mass is 639 g/mol. The van der Waals surface area contributed by atoms with Crippen molar-refractivity contribution in [2.24, 2.45) is 0 Å². The standard InChI is InChI=1S/C49H37N/c1-49(2)45-32-42(39-21-17-37(18-22-39)34-11-5-3-6-12-34)26-29-47(45)50(44-28-25-36-15-9-10-16-41(36)31-44)48-30-27-43(33-46(48)49)40-23-19-38(20-24-40)35-13-7-4-8-14-35/h3-33H,1-2H3. The van der Waals surface area contributed by atoms with Crippen LogP contribution >= 0.6 is 0 Å². The lowest BCUT2D eigenvalue weighted by Crippen LogP contribution is -2.30.